The molecule has 0 saturated heterocycles. The molecule has 0 aromatic carbocycles. The minimum atomic E-state index is 0.0247. The maximum absolute atomic E-state index is 11.0. The normalized spacial score (nSPS) is 30.3. The molecule has 1 aliphatic rings. The van der Waals surface area contributed by atoms with Crippen LogP contribution in [0.5, 0.6) is 0 Å². The molecule has 15 heavy (non-hydrogen) atoms. The van der Waals surface area contributed by atoms with E-state index in [1.165, 1.54) is 12.0 Å². The van der Waals surface area contributed by atoms with Crippen LogP contribution in [0, 0.1) is 10.8 Å². The monoisotopic (exact) mass is 206 g/mol. The zero-order valence-corrected chi connectivity index (χ0v) is 10.6. The first-order valence-corrected chi connectivity index (χ1v) is 5.67. The van der Waals surface area contributed by atoms with Crippen molar-refractivity contribution in [2.45, 2.75) is 47.5 Å². The summed E-state index contributed by atoms with van der Waals surface area (Å²) >= 11 is 0. The lowest BCUT2D eigenvalue weighted by molar-refractivity contribution is -0.112. The Morgan fingerprint density at radius 3 is 2.47 bits per heavy atom. The van der Waals surface area contributed by atoms with Gasteiger partial charge in [-0.1, -0.05) is 38.5 Å². The van der Waals surface area contributed by atoms with Gasteiger partial charge in [0.05, 0.1) is 0 Å². The fraction of sp³-hybridized carbons (Fsp3) is 0.643. The van der Waals surface area contributed by atoms with Crippen molar-refractivity contribution in [2.75, 3.05) is 0 Å². The molecule has 1 aliphatic carbocycles. The van der Waals surface area contributed by atoms with Crippen LogP contribution in [-0.2, 0) is 4.79 Å². The van der Waals surface area contributed by atoms with E-state index in [0.29, 0.717) is 0 Å². The molecule has 0 radical (unpaired) electrons. The number of hydrogen-bond acceptors (Lipinski definition) is 1. The van der Waals surface area contributed by atoms with Crippen LogP contribution in [0.1, 0.15) is 47.5 Å². The Hall–Kier alpha value is -0.850. The van der Waals surface area contributed by atoms with Crippen LogP contribution in [-0.4, -0.2) is 5.78 Å². The van der Waals surface area contributed by atoms with E-state index in [1.807, 2.05) is 0 Å². The van der Waals surface area contributed by atoms with Crippen LogP contribution >= 0.6 is 0 Å². The smallest absolute Gasteiger partial charge is 0.152 e. The van der Waals surface area contributed by atoms with Gasteiger partial charge in [-0.05, 0) is 38.2 Å². The molecule has 0 heterocycles. The van der Waals surface area contributed by atoms with Crippen LogP contribution < -0.4 is 0 Å². The third kappa shape index (κ3) is 2.22. The summed E-state index contributed by atoms with van der Waals surface area (Å²) in [6.07, 6.45) is 8.44. The van der Waals surface area contributed by atoms with Crippen LogP contribution in [0.25, 0.3) is 0 Å². The number of hydrogen-bond donors (Lipinski definition) is 0. The highest BCUT2D eigenvalue weighted by molar-refractivity contribution is 5.87. The highest BCUT2D eigenvalue weighted by Gasteiger charge is 2.41. The molecule has 0 N–H and O–H groups in total. The number of ketones is 1. The summed E-state index contributed by atoms with van der Waals surface area (Å²) in [6.45, 7) is 10.6. The minimum absolute atomic E-state index is 0.0247. The molecule has 1 nitrogen and oxygen atoms in total. The standard InChI is InChI=1S/C14H22O/c1-11-7-6-9-13(3,4)14(11,5)10-8-12(2)15/h7-8,10H,6,9H2,1-5H3/b10-8+/t14-/m1/s1. The molecule has 0 saturated carbocycles. The van der Waals surface area contributed by atoms with E-state index in [-0.39, 0.29) is 16.6 Å². The summed E-state index contributed by atoms with van der Waals surface area (Å²) in [4.78, 5) is 11.0. The summed E-state index contributed by atoms with van der Waals surface area (Å²) in [5.41, 5.74) is 1.64. The second-order valence-corrected chi connectivity index (χ2v) is 5.46. The zero-order chi connectivity index (χ0) is 11.7. The predicted octanol–water partition coefficient (Wildman–Crippen LogP) is 3.90. The topological polar surface area (TPSA) is 17.1 Å². The summed E-state index contributed by atoms with van der Waals surface area (Å²) in [7, 11) is 0. The minimum Gasteiger partial charge on any atom is -0.295 e. The molecule has 1 heteroatoms. The second kappa shape index (κ2) is 3.96. The van der Waals surface area contributed by atoms with Crippen molar-refractivity contribution in [1.29, 1.82) is 0 Å². The van der Waals surface area contributed by atoms with Crippen LogP contribution in [0.2, 0.25) is 0 Å². The highest BCUT2D eigenvalue weighted by atomic mass is 16.1. The van der Waals surface area contributed by atoms with Gasteiger partial charge in [-0.3, -0.25) is 4.79 Å². The molecule has 0 spiro atoms. The molecular formula is C14H22O. The first kappa shape index (κ1) is 12.2. The molecular weight excluding hydrogens is 184 g/mol. The van der Waals surface area contributed by atoms with Gasteiger partial charge in [-0.25, -0.2) is 0 Å². The van der Waals surface area contributed by atoms with Crippen molar-refractivity contribution in [2.24, 2.45) is 10.8 Å². The number of allylic oxidation sites excluding steroid dienone is 4. The fourth-order valence-corrected chi connectivity index (χ4v) is 2.30. The van der Waals surface area contributed by atoms with E-state index in [0.717, 1.165) is 6.42 Å². The van der Waals surface area contributed by atoms with Crippen molar-refractivity contribution >= 4 is 5.78 Å². The molecule has 0 fully saturated rings. The van der Waals surface area contributed by atoms with Crippen molar-refractivity contribution in [3.05, 3.63) is 23.8 Å². The third-order valence-corrected chi connectivity index (χ3v) is 4.10. The summed E-state index contributed by atoms with van der Waals surface area (Å²) < 4.78 is 0. The van der Waals surface area contributed by atoms with Gasteiger partial charge < -0.3 is 0 Å². The van der Waals surface area contributed by atoms with Gasteiger partial charge in [0.2, 0.25) is 0 Å². The van der Waals surface area contributed by atoms with Gasteiger partial charge in [0.25, 0.3) is 0 Å². The van der Waals surface area contributed by atoms with Crippen LogP contribution in [0.4, 0.5) is 0 Å². The summed E-state index contributed by atoms with van der Waals surface area (Å²) in [6, 6.07) is 0. The number of rotatable bonds is 2. The maximum atomic E-state index is 11.0. The van der Waals surface area contributed by atoms with Crippen LogP contribution in [0.3, 0.4) is 0 Å². The van der Waals surface area contributed by atoms with Gasteiger partial charge in [-0.15, -0.1) is 0 Å². The van der Waals surface area contributed by atoms with E-state index in [9.17, 15) is 4.79 Å². The third-order valence-electron chi connectivity index (χ3n) is 4.10. The summed E-state index contributed by atoms with van der Waals surface area (Å²) in [5, 5.41) is 0. The Kier molecular flexibility index (Phi) is 3.22. The Labute approximate surface area is 93.3 Å². The quantitative estimate of drug-likeness (QED) is 0.494. The maximum Gasteiger partial charge on any atom is 0.152 e. The average Bonchev–Trinajstić information content (AvgIpc) is 2.11. The molecule has 0 aliphatic heterocycles. The predicted molar refractivity (Wildman–Crippen MR) is 64.7 cm³/mol. The van der Waals surface area contributed by atoms with E-state index < -0.39 is 0 Å². The second-order valence-electron chi connectivity index (χ2n) is 5.46. The Morgan fingerprint density at radius 2 is 2.00 bits per heavy atom. The first-order valence-electron chi connectivity index (χ1n) is 5.67. The fourth-order valence-electron chi connectivity index (χ4n) is 2.30. The Balaban J connectivity index is 3.10. The van der Waals surface area contributed by atoms with E-state index in [1.54, 1.807) is 13.0 Å². The van der Waals surface area contributed by atoms with E-state index >= 15 is 0 Å². The van der Waals surface area contributed by atoms with Gasteiger partial charge in [0.1, 0.15) is 0 Å². The van der Waals surface area contributed by atoms with Gasteiger partial charge in [0.15, 0.2) is 5.78 Å². The molecule has 0 aromatic heterocycles. The van der Waals surface area contributed by atoms with Crippen LogP contribution in [0.15, 0.2) is 23.8 Å². The van der Waals surface area contributed by atoms with Crippen molar-refractivity contribution in [1.82, 2.24) is 0 Å². The molecule has 0 amide bonds. The molecule has 84 valence electrons. The number of carbonyl (C=O) groups is 1. The van der Waals surface area contributed by atoms with Gasteiger partial charge >= 0.3 is 0 Å². The van der Waals surface area contributed by atoms with Gasteiger partial charge in [0, 0.05) is 5.41 Å². The molecule has 0 unspecified atom stereocenters. The molecule has 1 rings (SSSR count). The van der Waals surface area contributed by atoms with Crippen molar-refractivity contribution in [3.63, 3.8) is 0 Å². The lowest BCUT2D eigenvalue weighted by Gasteiger charge is -2.46. The molecule has 0 aromatic rings. The lowest BCUT2D eigenvalue weighted by Crippen LogP contribution is -2.37. The Morgan fingerprint density at radius 1 is 1.40 bits per heavy atom. The van der Waals surface area contributed by atoms with Crippen molar-refractivity contribution in [3.8, 4) is 0 Å². The summed E-state index contributed by atoms with van der Waals surface area (Å²) in [5.74, 6) is 0.130. The van der Waals surface area contributed by atoms with E-state index in [4.69, 9.17) is 0 Å². The Bertz CT molecular complexity index is 320. The molecule has 0 bridgehead atoms. The SMILES string of the molecule is CC(=O)/C=C/[C@]1(C)C(C)=CCCC1(C)C. The first-order chi connectivity index (χ1) is 6.79. The zero-order valence-electron chi connectivity index (χ0n) is 10.6. The van der Waals surface area contributed by atoms with Crippen molar-refractivity contribution < 1.29 is 4.79 Å². The van der Waals surface area contributed by atoms with Gasteiger partial charge in [-0.2, -0.15) is 0 Å². The average molecular weight is 206 g/mol. The number of carbonyl (C=O) groups excluding carboxylic acids is 1. The molecule has 1 atom stereocenters. The lowest BCUT2D eigenvalue weighted by atomic mass is 9.58. The largest absolute Gasteiger partial charge is 0.295 e. The van der Waals surface area contributed by atoms with E-state index in [2.05, 4.69) is 39.8 Å². The highest BCUT2D eigenvalue weighted by Crippen LogP contribution is 2.51.